The molecule has 0 aliphatic rings. The monoisotopic (exact) mass is 271 g/mol. The van der Waals surface area contributed by atoms with Gasteiger partial charge in [-0.05, 0) is 13.8 Å². The van der Waals surface area contributed by atoms with E-state index in [1.54, 1.807) is 23.7 Å². The van der Waals surface area contributed by atoms with E-state index in [1.807, 2.05) is 25.1 Å². The Labute approximate surface area is 117 Å². The Morgan fingerprint density at radius 1 is 1.40 bits per heavy atom. The van der Waals surface area contributed by atoms with Crippen molar-refractivity contribution in [3.8, 4) is 5.75 Å². The van der Waals surface area contributed by atoms with Crippen LogP contribution in [0.4, 0.5) is 0 Å². The van der Waals surface area contributed by atoms with E-state index in [1.165, 1.54) is 6.20 Å². The molecule has 0 saturated heterocycles. The number of aromatic nitrogens is 2. The highest BCUT2D eigenvalue weighted by atomic mass is 16.6. The van der Waals surface area contributed by atoms with Crippen LogP contribution in [0.2, 0.25) is 0 Å². The number of aryl methyl sites for hydroxylation is 1. The first-order valence-corrected chi connectivity index (χ1v) is 6.37. The van der Waals surface area contributed by atoms with E-state index in [0.717, 1.165) is 0 Å². The van der Waals surface area contributed by atoms with E-state index in [4.69, 9.17) is 4.84 Å². The van der Waals surface area contributed by atoms with E-state index in [-0.39, 0.29) is 5.78 Å². The van der Waals surface area contributed by atoms with Crippen LogP contribution < -0.4 is 10.3 Å². The van der Waals surface area contributed by atoms with Gasteiger partial charge in [-0.25, -0.2) is 5.48 Å². The maximum Gasteiger partial charge on any atom is 0.214 e. The Morgan fingerprint density at radius 2 is 2.10 bits per heavy atom. The van der Waals surface area contributed by atoms with E-state index >= 15 is 0 Å². The zero-order chi connectivity index (χ0) is 14.5. The van der Waals surface area contributed by atoms with Crippen molar-refractivity contribution in [1.82, 2.24) is 15.3 Å². The molecule has 0 aliphatic heterocycles. The smallest absolute Gasteiger partial charge is 0.214 e. The van der Waals surface area contributed by atoms with Crippen molar-refractivity contribution >= 4 is 5.78 Å². The normalized spacial score (nSPS) is 10.1. The number of ketones is 1. The zero-order valence-corrected chi connectivity index (χ0v) is 11.6. The second-order valence-electron chi connectivity index (χ2n) is 4.35. The molecule has 0 atom stereocenters. The fourth-order valence-corrected chi connectivity index (χ4v) is 1.78. The summed E-state index contributed by atoms with van der Waals surface area (Å²) in [6.07, 6.45) is 1.52. The molecule has 2 aromatic rings. The second kappa shape index (κ2) is 6.06. The SMILES string of the molecule is C=C(C)NOc1cnn(CC)c1C(=O)c1ccccc1. The molecule has 1 heterocycles. The Morgan fingerprint density at radius 3 is 2.70 bits per heavy atom. The number of hydrogen-bond donors (Lipinski definition) is 1. The Bertz CT molecular complexity index is 617. The van der Waals surface area contributed by atoms with Crippen LogP contribution >= 0.6 is 0 Å². The zero-order valence-electron chi connectivity index (χ0n) is 11.6. The number of allylic oxidation sites excluding steroid dienone is 1. The van der Waals surface area contributed by atoms with Crippen LogP contribution in [0, 0.1) is 0 Å². The van der Waals surface area contributed by atoms with Crippen LogP contribution in [0.3, 0.4) is 0 Å². The van der Waals surface area contributed by atoms with Crippen LogP contribution in [0.15, 0.2) is 48.8 Å². The number of nitrogens with zero attached hydrogens (tertiary/aromatic N) is 2. The summed E-state index contributed by atoms with van der Waals surface area (Å²) in [4.78, 5) is 17.9. The lowest BCUT2D eigenvalue weighted by molar-refractivity contribution is 0.102. The highest BCUT2D eigenvalue weighted by Gasteiger charge is 2.21. The molecule has 2 rings (SSSR count). The van der Waals surface area contributed by atoms with Gasteiger partial charge in [0.05, 0.1) is 6.20 Å². The molecule has 0 aliphatic carbocycles. The number of hydrogen-bond acceptors (Lipinski definition) is 4. The first-order chi connectivity index (χ1) is 9.63. The van der Waals surface area contributed by atoms with Crippen molar-refractivity contribution in [2.75, 3.05) is 0 Å². The topological polar surface area (TPSA) is 56.1 Å². The highest BCUT2D eigenvalue weighted by molar-refractivity contribution is 6.09. The molecule has 0 unspecified atom stereocenters. The number of benzene rings is 1. The highest BCUT2D eigenvalue weighted by Crippen LogP contribution is 2.21. The minimum absolute atomic E-state index is 0.122. The fraction of sp³-hybridized carbons (Fsp3) is 0.200. The Hall–Kier alpha value is -2.56. The minimum atomic E-state index is -0.122. The number of carbonyl (C=O) groups excluding carboxylic acids is 1. The molecule has 0 radical (unpaired) electrons. The van der Waals surface area contributed by atoms with Gasteiger partial charge < -0.3 is 4.84 Å². The van der Waals surface area contributed by atoms with Crippen molar-refractivity contribution in [2.45, 2.75) is 20.4 Å². The summed E-state index contributed by atoms with van der Waals surface area (Å²) in [5, 5.41) is 4.16. The number of carbonyl (C=O) groups is 1. The standard InChI is InChI=1S/C15H17N3O2/c1-4-18-14(13(10-16-18)20-17-11(2)3)15(19)12-8-6-5-7-9-12/h5-10,17H,2,4H2,1,3H3. The summed E-state index contributed by atoms with van der Waals surface area (Å²) in [5.74, 6) is 0.271. The van der Waals surface area contributed by atoms with Crippen LogP contribution in [0.25, 0.3) is 0 Å². The average Bonchev–Trinajstić information content (AvgIpc) is 2.88. The van der Waals surface area contributed by atoms with E-state index in [9.17, 15) is 4.79 Å². The number of rotatable bonds is 6. The molecule has 0 amide bonds. The van der Waals surface area contributed by atoms with Gasteiger partial charge in [-0.15, -0.1) is 0 Å². The number of hydroxylamine groups is 1. The molecule has 20 heavy (non-hydrogen) atoms. The second-order valence-corrected chi connectivity index (χ2v) is 4.35. The molecule has 5 heteroatoms. The molecule has 104 valence electrons. The molecule has 5 nitrogen and oxygen atoms in total. The lowest BCUT2D eigenvalue weighted by atomic mass is 10.1. The van der Waals surface area contributed by atoms with Gasteiger partial charge in [0.1, 0.15) is 0 Å². The molecule has 1 aromatic carbocycles. The maximum absolute atomic E-state index is 12.6. The maximum atomic E-state index is 12.6. The summed E-state index contributed by atoms with van der Waals surface area (Å²) in [6, 6.07) is 9.06. The van der Waals surface area contributed by atoms with Crippen molar-refractivity contribution in [2.24, 2.45) is 0 Å². The lowest BCUT2D eigenvalue weighted by Crippen LogP contribution is -2.18. The predicted octanol–water partition coefficient (Wildman–Crippen LogP) is 2.55. The molecule has 1 N–H and O–H groups in total. The third-order valence-electron chi connectivity index (χ3n) is 2.69. The van der Waals surface area contributed by atoms with Crippen molar-refractivity contribution in [1.29, 1.82) is 0 Å². The Kier molecular flexibility index (Phi) is 4.20. The molecule has 0 fully saturated rings. The van der Waals surface area contributed by atoms with Gasteiger partial charge in [-0.3, -0.25) is 9.48 Å². The van der Waals surface area contributed by atoms with Crippen molar-refractivity contribution in [3.05, 3.63) is 60.1 Å². The quantitative estimate of drug-likeness (QED) is 0.648. The van der Waals surface area contributed by atoms with Gasteiger partial charge in [0.25, 0.3) is 0 Å². The van der Waals surface area contributed by atoms with Crippen LogP contribution in [0.1, 0.15) is 29.9 Å². The summed E-state index contributed by atoms with van der Waals surface area (Å²) in [5.41, 5.74) is 4.32. The third kappa shape index (κ3) is 2.88. The minimum Gasteiger partial charge on any atom is -0.378 e. The summed E-state index contributed by atoms with van der Waals surface area (Å²) in [6.45, 7) is 7.96. The van der Waals surface area contributed by atoms with Gasteiger partial charge in [0.2, 0.25) is 11.5 Å². The summed E-state index contributed by atoms with van der Waals surface area (Å²) < 4.78 is 1.62. The van der Waals surface area contributed by atoms with E-state index < -0.39 is 0 Å². The third-order valence-corrected chi connectivity index (χ3v) is 2.69. The van der Waals surface area contributed by atoms with Crippen LogP contribution in [0.5, 0.6) is 5.75 Å². The summed E-state index contributed by atoms with van der Waals surface area (Å²) in [7, 11) is 0. The van der Waals surface area contributed by atoms with Gasteiger partial charge >= 0.3 is 0 Å². The molecule has 0 saturated carbocycles. The van der Waals surface area contributed by atoms with E-state index in [0.29, 0.717) is 29.2 Å². The predicted molar refractivity (Wildman–Crippen MR) is 76.4 cm³/mol. The van der Waals surface area contributed by atoms with Crippen LogP contribution in [-0.4, -0.2) is 15.6 Å². The first-order valence-electron chi connectivity index (χ1n) is 6.37. The molecule has 1 aromatic heterocycles. The number of nitrogens with one attached hydrogen (secondary N) is 1. The molecule has 0 bridgehead atoms. The lowest BCUT2D eigenvalue weighted by Gasteiger charge is -2.09. The molecular weight excluding hydrogens is 254 g/mol. The first kappa shape index (κ1) is 13.9. The Balaban J connectivity index is 2.36. The molecular formula is C15H17N3O2. The largest absolute Gasteiger partial charge is 0.378 e. The van der Waals surface area contributed by atoms with Gasteiger partial charge in [-0.2, -0.15) is 5.10 Å². The summed E-state index contributed by atoms with van der Waals surface area (Å²) >= 11 is 0. The average molecular weight is 271 g/mol. The van der Waals surface area contributed by atoms with Crippen LogP contribution in [-0.2, 0) is 6.54 Å². The van der Waals surface area contributed by atoms with Crippen molar-refractivity contribution in [3.63, 3.8) is 0 Å². The fourth-order valence-electron chi connectivity index (χ4n) is 1.78. The van der Waals surface area contributed by atoms with E-state index in [2.05, 4.69) is 17.2 Å². The molecule has 0 spiro atoms. The van der Waals surface area contributed by atoms with Gasteiger partial charge in [-0.1, -0.05) is 36.9 Å². The van der Waals surface area contributed by atoms with Gasteiger partial charge in [0, 0.05) is 17.8 Å². The van der Waals surface area contributed by atoms with Crippen molar-refractivity contribution < 1.29 is 9.63 Å². The van der Waals surface area contributed by atoms with Gasteiger partial charge in [0.15, 0.2) is 5.69 Å².